The normalized spacial score (nSPS) is 17.2. The molecule has 1 unspecified atom stereocenters. The zero-order chi connectivity index (χ0) is 21.1. The molecule has 29 heavy (non-hydrogen) atoms. The number of nitrogens with zero attached hydrogens (tertiary/aromatic N) is 2. The van der Waals surface area contributed by atoms with Gasteiger partial charge in [0.15, 0.2) is 17.4 Å². The highest BCUT2D eigenvalue weighted by molar-refractivity contribution is 6.30. The predicted molar refractivity (Wildman–Crippen MR) is 108 cm³/mol. The van der Waals surface area contributed by atoms with Crippen molar-refractivity contribution in [2.75, 3.05) is 11.6 Å². The number of ether oxygens (including phenoxy) is 1. The lowest BCUT2D eigenvalue weighted by Crippen LogP contribution is -2.32. The molecule has 1 aliphatic heterocycles. The zero-order valence-corrected chi connectivity index (χ0v) is 16.8. The third-order valence-electron chi connectivity index (χ3n) is 4.69. The van der Waals surface area contributed by atoms with Gasteiger partial charge in [0.2, 0.25) is 0 Å². The van der Waals surface area contributed by atoms with Gasteiger partial charge in [-0.2, -0.15) is 5.10 Å². The molecule has 0 aliphatic carbocycles. The lowest BCUT2D eigenvalue weighted by molar-refractivity contribution is -0.141. The van der Waals surface area contributed by atoms with E-state index in [1.165, 1.54) is 6.92 Å². The van der Waals surface area contributed by atoms with E-state index >= 15 is 0 Å². The summed E-state index contributed by atoms with van der Waals surface area (Å²) in [6, 6.07) is 9.13. The molecule has 1 aliphatic rings. The fourth-order valence-electron chi connectivity index (χ4n) is 3.21. The molecule has 0 saturated carbocycles. The van der Waals surface area contributed by atoms with Crippen LogP contribution in [0.25, 0.3) is 0 Å². The van der Waals surface area contributed by atoms with Crippen LogP contribution in [0.1, 0.15) is 25.8 Å². The number of anilines is 1. The second-order valence-corrected chi connectivity index (χ2v) is 7.59. The van der Waals surface area contributed by atoms with Gasteiger partial charge in [-0.1, -0.05) is 18.5 Å². The number of halogens is 3. The fourth-order valence-corrected chi connectivity index (χ4v) is 3.34. The van der Waals surface area contributed by atoms with E-state index in [-0.39, 0.29) is 24.6 Å². The maximum absolute atomic E-state index is 14.4. The van der Waals surface area contributed by atoms with Gasteiger partial charge in [0.05, 0.1) is 17.6 Å². The lowest BCUT2D eigenvalue weighted by atomic mass is 10.0. The van der Waals surface area contributed by atoms with Crippen LogP contribution in [0.2, 0.25) is 5.02 Å². The fraction of sp³-hybridized carbons (Fsp3) is 0.333. The molecule has 0 radical (unpaired) electrons. The van der Waals surface area contributed by atoms with Gasteiger partial charge in [0.1, 0.15) is 6.61 Å². The van der Waals surface area contributed by atoms with E-state index in [0.717, 1.165) is 23.5 Å². The monoisotopic (exact) mass is 422 g/mol. The van der Waals surface area contributed by atoms with E-state index < -0.39 is 29.3 Å². The number of carboxylic acid groups (broad SMARTS) is 1. The summed E-state index contributed by atoms with van der Waals surface area (Å²) in [4.78, 5) is 10.9. The highest BCUT2D eigenvalue weighted by Gasteiger charge is 2.27. The second kappa shape index (κ2) is 8.78. The average Bonchev–Trinajstić information content (AvgIpc) is 3.02. The van der Waals surface area contributed by atoms with Gasteiger partial charge in [0.25, 0.3) is 0 Å². The van der Waals surface area contributed by atoms with Crippen molar-refractivity contribution in [3.63, 3.8) is 0 Å². The summed E-state index contributed by atoms with van der Waals surface area (Å²) in [6.07, 6.45) is 0.629. The van der Waals surface area contributed by atoms with Crippen LogP contribution in [0.3, 0.4) is 0 Å². The van der Waals surface area contributed by atoms with Crippen LogP contribution in [0.15, 0.2) is 41.5 Å². The molecule has 1 heterocycles. The number of benzene rings is 2. The molecule has 0 spiro atoms. The van der Waals surface area contributed by atoms with Crippen molar-refractivity contribution in [1.82, 2.24) is 0 Å². The molecule has 0 aromatic heterocycles. The molecule has 8 heteroatoms. The van der Waals surface area contributed by atoms with Gasteiger partial charge in [-0.15, -0.1) is 0 Å². The number of carboxylic acids is 1. The Labute approximate surface area is 172 Å². The molecule has 0 fully saturated rings. The molecule has 154 valence electrons. The van der Waals surface area contributed by atoms with E-state index in [2.05, 4.69) is 5.10 Å². The van der Waals surface area contributed by atoms with Gasteiger partial charge < -0.3 is 9.84 Å². The minimum atomic E-state index is -1.02. The molecule has 2 aromatic rings. The molecular formula is C21H21ClF2N2O3. The Kier molecular flexibility index (Phi) is 6.37. The summed E-state index contributed by atoms with van der Waals surface area (Å²) in [5.41, 5.74) is 1.95. The first kappa shape index (κ1) is 21.0. The molecule has 5 nitrogen and oxygen atoms in total. The smallest absolute Gasteiger partial charge is 0.306 e. The number of rotatable bonds is 7. The quantitative estimate of drug-likeness (QED) is 0.688. The summed E-state index contributed by atoms with van der Waals surface area (Å²) in [7, 11) is 0. The third-order valence-corrected chi connectivity index (χ3v) is 4.94. The first-order valence-corrected chi connectivity index (χ1v) is 9.54. The van der Waals surface area contributed by atoms with Crippen molar-refractivity contribution in [3.8, 4) is 5.75 Å². The van der Waals surface area contributed by atoms with E-state index in [0.29, 0.717) is 11.4 Å². The Hall–Kier alpha value is -2.67. The number of hydrazone groups is 1. The van der Waals surface area contributed by atoms with Crippen LogP contribution in [-0.2, 0) is 11.2 Å². The lowest BCUT2D eigenvalue weighted by Gasteiger charge is -2.24. The Morgan fingerprint density at radius 3 is 2.52 bits per heavy atom. The summed E-state index contributed by atoms with van der Waals surface area (Å²) in [6.45, 7) is 3.39. The van der Waals surface area contributed by atoms with Gasteiger partial charge in [-0.25, -0.2) is 8.78 Å². The number of hydrogen-bond donors (Lipinski definition) is 1. The molecule has 2 atom stereocenters. The molecule has 0 amide bonds. The maximum Gasteiger partial charge on any atom is 0.306 e. The molecule has 0 saturated heterocycles. The largest absolute Gasteiger partial charge is 0.485 e. The summed E-state index contributed by atoms with van der Waals surface area (Å²) < 4.78 is 34.3. The summed E-state index contributed by atoms with van der Waals surface area (Å²) in [5.74, 6) is -3.95. The average molecular weight is 423 g/mol. The summed E-state index contributed by atoms with van der Waals surface area (Å²) >= 11 is 5.93. The Morgan fingerprint density at radius 2 is 1.93 bits per heavy atom. The van der Waals surface area contributed by atoms with Crippen LogP contribution in [-0.4, -0.2) is 29.4 Å². The van der Waals surface area contributed by atoms with E-state index in [1.807, 2.05) is 19.1 Å². The predicted octanol–water partition coefficient (Wildman–Crippen LogP) is 4.92. The Balaban J connectivity index is 1.71. The highest BCUT2D eigenvalue weighted by atomic mass is 35.5. The van der Waals surface area contributed by atoms with Crippen molar-refractivity contribution in [3.05, 3.63) is 58.6 Å². The van der Waals surface area contributed by atoms with Crippen molar-refractivity contribution < 1.29 is 23.4 Å². The topological polar surface area (TPSA) is 62.1 Å². The van der Waals surface area contributed by atoms with Crippen LogP contribution >= 0.6 is 11.6 Å². The minimum Gasteiger partial charge on any atom is -0.485 e. The van der Waals surface area contributed by atoms with Gasteiger partial charge in [0, 0.05) is 17.2 Å². The first-order valence-electron chi connectivity index (χ1n) is 9.17. The van der Waals surface area contributed by atoms with Crippen LogP contribution in [0.4, 0.5) is 14.5 Å². The van der Waals surface area contributed by atoms with Crippen molar-refractivity contribution in [1.29, 1.82) is 0 Å². The minimum absolute atomic E-state index is 0.0299. The van der Waals surface area contributed by atoms with E-state index in [4.69, 9.17) is 21.4 Å². The van der Waals surface area contributed by atoms with Crippen LogP contribution in [0, 0.1) is 17.6 Å². The first-order chi connectivity index (χ1) is 13.7. The number of aliphatic carboxylic acids is 1. The van der Waals surface area contributed by atoms with Gasteiger partial charge in [-0.05, 0) is 55.3 Å². The van der Waals surface area contributed by atoms with E-state index in [9.17, 15) is 13.6 Å². The maximum atomic E-state index is 14.4. The number of carbonyl (C=O) groups is 1. The van der Waals surface area contributed by atoms with Crippen LogP contribution < -0.4 is 9.75 Å². The number of hydrogen-bond acceptors (Lipinski definition) is 4. The summed E-state index contributed by atoms with van der Waals surface area (Å²) in [5, 5.41) is 15.8. The van der Waals surface area contributed by atoms with Crippen molar-refractivity contribution in [2.45, 2.75) is 32.7 Å². The van der Waals surface area contributed by atoms with Crippen molar-refractivity contribution in [2.24, 2.45) is 11.0 Å². The highest BCUT2D eigenvalue weighted by Crippen LogP contribution is 2.29. The zero-order valence-electron chi connectivity index (χ0n) is 16.0. The standard InChI is InChI=1S/C21H21ClF2N2O3/c1-12(21(27)28)7-14-9-18(23)20(19(24)10-14)29-11-17-8-13(2)25-26(17)16-5-3-15(22)4-6-16/h3-6,9-10,12,17H,7-8,11H2,1-2H3,(H,27,28)/t12-,17?/m1/s1. The van der Waals surface area contributed by atoms with Gasteiger partial charge >= 0.3 is 5.97 Å². The third kappa shape index (κ3) is 5.03. The van der Waals surface area contributed by atoms with Crippen molar-refractivity contribution >= 4 is 29.0 Å². The van der Waals surface area contributed by atoms with Crippen LogP contribution in [0.5, 0.6) is 5.75 Å². The Morgan fingerprint density at radius 1 is 1.31 bits per heavy atom. The molecule has 2 aromatic carbocycles. The second-order valence-electron chi connectivity index (χ2n) is 7.16. The van der Waals surface area contributed by atoms with Gasteiger partial charge in [-0.3, -0.25) is 9.80 Å². The SMILES string of the molecule is CC1=NN(c2ccc(Cl)cc2)C(COc2c(F)cc(C[C@@H](C)C(=O)O)cc2F)C1. The molecular weight excluding hydrogens is 402 g/mol. The molecule has 0 bridgehead atoms. The molecule has 3 rings (SSSR count). The Bertz CT molecular complexity index is 911. The van der Waals surface area contributed by atoms with E-state index in [1.54, 1.807) is 17.1 Å². The molecule has 1 N–H and O–H groups in total.